The maximum Gasteiger partial charge on any atom is 0.340 e. The minimum Gasteiger partial charge on any atom is -0.465 e. The largest absolute Gasteiger partial charge is 0.465 e. The van der Waals surface area contributed by atoms with E-state index >= 15 is 0 Å². The Kier molecular flexibility index (Phi) is 6.42. The second kappa shape index (κ2) is 8.82. The molecule has 0 aromatic heterocycles. The zero-order valence-corrected chi connectivity index (χ0v) is 17.1. The molecule has 0 aliphatic carbocycles. The van der Waals surface area contributed by atoms with E-state index < -0.39 is 23.8 Å². The molecular weight excluding hydrogens is 417 g/mol. The number of carbonyl (C=O) groups excluding carboxylic acids is 3. The number of nitrogens with one attached hydrogen (secondary N) is 1. The van der Waals surface area contributed by atoms with E-state index in [9.17, 15) is 14.4 Å². The zero-order valence-electron chi connectivity index (χ0n) is 15.6. The third kappa shape index (κ3) is 4.70. The summed E-state index contributed by atoms with van der Waals surface area (Å²) in [5, 5.41) is 2.96. The van der Waals surface area contributed by atoms with Gasteiger partial charge in [0.25, 0.3) is 0 Å². The van der Waals surface area contributed by atoms with Crippen LogP contribution < -0.4 is 11.1 Å². The molecule has 0 bridgehead atoms. The van der Waals surface area contributed by atoms with Crippen LogP contribution in [0.2, 0.25) is 10.0 Å². The fourth-order valence-electron chi connectivity index (χ4n) is 3.36. The highest BCUT2D eigenvalue weighted by Crippen LogP contribution is 2.31. The molecule has 9 heteroatoms. The van der Waals surface area contributed by atoms with Crippen LogP contribution in [0.5, 0.6) is 0 Å². The summed E-state index contributed by atoms with van der Waals surface area (Å²) >= 11 is 12.1. The van der Waals surface area contributed by atoms with Crippen LogP contribution in [0.1, 0.15) is 21.5 Å². The van der Waals surface area contributed by atoms with Gasteiger partial charge in [0.05, 0.1) is 36.0 Å². The van der Waals surface area contributed by atoms with E-state index in [-0.39, 0.29) is 27.8 Å². The molecule has 0 radical (unpaired) electrons. The second-order valence-electron chi connectivity index (χ2n) is 6.65. The average molecular weight is 436 g/mol. The molecule has 152 valence electrons. The van der Waals surface area contributed by atoms with E-state index in [0.29, 0.717) is 13.0 Å². The molecule has 29 heavy (non-hydrogen) atoms. The molecule has 1 aliphatic rings. The molecule has 3 N–H and O–H groups in total. The topological polar surface area (TPSA) is 102 Å². The van der Waals surface area contributed by atoms with Gasteiger partial charge < -0.3 is 15.8 Å². The maximum atomic E-state index is 12.7. The Hall–Kier alpha value is -2.61. The van der Waals surface area contributed by atoms with Crippen molar-refractivity contribution in [1.29, 1.82) is 0 Å². The van der Waals surface area contributed by atoms with Gasteiger partial charge in [-0.05, 0) is 29.7 Å². The lowest BCUT2D eigenvalue weighted by Crippen LogP contribution is -2.51. The molecule has 2 aromatic carbocycles. The van der Waals surface area contributed by atoms with E-state index in [2.05, 4.69) is 5.32 Å². The van der Waals surface area contributed by atoms with E-state index in [1.165, 1.54) is 19.2 Å². The van der Waals surface area contributed by atoms with Crippen LogP contribution in [0, 0.1) is 0 Å². The molecule has 0 saturated heterocycles. The summed E-state index contributed by atoms with van der Waals surface area (Å²) in [6.07, 6.45) is 0.425. The van der Waals surface area contributed by atoms with E-state index in [0.717, 1.165) is 11.1 Å². The fraction of sp³-hybridized carbons (Fsp3) is 0.250. The summed E-state index contributed by atoms with van der Waals surface area (Å²) < 4.78 is 4.73. The first-order valence-corrected chi connectivity index (χ1v) is 9.53. The number of amides is 2. The van der Waals surface area contributed by atoms with Gasteiger partial charge in [-0.2, -0.15) is 0 Å². The lowest BCUT2D eigenvalue weighted by molar-refractivity contribution is -0.125. The third-order valence-electron chi connectivity index (χ3n) is 4.75. The van der Waals surface area contributed by atoms with Gasteiger partial charge in [-0.25, -0.2) is 4.79 Å². The van der Waals surface area contributed by atoms with Crippen molar-refractivity contribution in [2.75, 3.05) is 19.0 Å². The standard InChI is InChI=1S/C20H19Cl2N3O4/c1-29-20(28)14-7-13(21)8-15(22)18(14)24-17(26)10-25-9-12-5-3-2-4-11(12)6-16(25)19(23)27/h2-5,7-8,16H,6,9-10H2,1H3,(H2,23,27)(H,24,26). The monoisotopic (exact) mass is 435 g/mol. The molecule has 3 rings (SSSR count). The van der Waals surface area contributed by atoms with Gasteiger partial charge in [0.15, 0.2) is 0 Å². The Morgan fingerprint density at radius 1 is 1.21 bits per heavy atom. The van der Waals surface area contributed by atoms with Crippen molar-refractivity contribution in [3.8, 4) is 0 Å². The Morgan fingerprint density at radius 3 is 2.55 bits per heavy atom. The zero-order chi connectivity index (χ0) is 21.1. The number of methoxy groups -OCH3 is 1. The number of hydrogen-bond acceptors (Lipinski definition) is 5. The number of nitrogens with zero attached hydrogens (tertiary/aromatic N) is 1. The number of halogens is 2. The normalized spacial score (nSPS) is 16.0. The molecule has 1 aliphatic heterocycles. The van der Waals surface area contributed by atoms with Crippen molar-refractivity contribution >= 4 is 46.7 Å². The summed E-state index contributed by atoms with van der Waals surface area (Å²) in [5.74, 6) is -1.65. The molecule has 0 fully saturated rings. The summed E-state index contributed by atoms with van der Waals surface area (Å²) in [6.45, 7) is 0.289. The molecule has 2 aromatic rings. The minimum absolute atomic E-state index is 0.0359. The first-order chi connectivity index (χ1) is 13.8. The van der Waals surface area contributed by atoms with Crippen LogP contribution in [0.15, 0.2) is 36.4 Å². The van der Waals surface area contributed by atoms with Crippen LogP contribution in [0.4, 0.5) is 5.69 Å². The number of hydrogen-bond donors (Lipinski definition) is 2. The SMILES string of the molecule is COC(=O)c1cc(Cl)cc(Cl)c1NC(=O)CN1Cc2ccccc2CC1C(N)=O. The number of fused-ring (bicyclic) bond motifs is 1. The molecule has 7 nitrogen and oxygen atoms in total. The average Bonchev–Trinajstić information content (AvgIpc) is 2.68. The molecular formula is C20H19Cl2N3O4. The van der Waals surface area contributed by atoms with Gasteiger partial charge in [-0.15, -0.1) is 0 Å². The van der Waals surface area contributed by atoms with Crippen molar-refractivity contribution in [3.05, 3.63) is 63.1 Å². The molecule has 2 amide bonds. The van der Waals surface area contributed by atoms with Crippen LogP contribution in [-0.4, -0.2) is 42.4 Å². The molecule has 0 spiro atoms. The molecule has 1 heterocycles. The van der Waals surface area contributed by atoms with E-state index in [1.54, 1.807) is 4.90 Å². The maximum absolute atomic E-state index is 12.7. The number of carbonyl (C=O) groups is 3. The first kappa shape index (κ1) is 21.1. The Balaban J connectivity index is 1.82. The quantitative estimate of drug-likeness (QED) is 0.702. The smallest absolute Gasteiger partial charge is 0.340 e. The van der Waals surface area contributed by atoms with E-state index in [1.807, 2.05) is 24.3 Å². The van der Waals surface area contributed by atoms with Crippen molar-refractivity contribution in [1.82, 2.24) is 4.90 Å². The summed E-state index contributed by atoms with van der Waals surface area (Å²) in [5.41, 5.74) is 7.75. The fourth-order valence-corrected chi connectivity index (χ4v) is 3.90. The number of rotatable bonds is 5. The van der Waals surface area contributed by atoms with E-state index in [4.69, 9.17) is 33.7 Å². The highest BCUT2D eigenvalue weighted by Gasteiger charge is 2.31. The predicted molar refractivity (Wildman–Crippen MR) is 110 cm³/mol. The third-order valence-corrected chi connectivity index (χ3v) is 5.26. The Morgan fingerprint density at radius 2 is 1.90 bits per heavy atom. The van der Waals surface area contributed by atoms with Gasteiger partial charge in [-0.3, -0.25) is 14.5 Å². The molecule has 1 atom stereocenters. The van der Waals surface area contributed by atoms with Crippen LogP contribution in [0.3, 0.4) is 0 Å². The molecule has 1 unspecified atom stereocenters. The number of benzene rings is 2. The van der Waals surface area contributed by atoms with Crippen molar-refractivity contribution in [3.63, 3.8) is 0 Å². The summed E-state index contributed by atoms with van der Waals surface area (Å²) in [4.78, 5) is 38.4. The van der Waals surface area contributed by atoms with Gasteiger partial charge in [-0.1, -0.05) is 47.5 Å². The minimum atomic E-state index is -0.688. The van der Waals surface area contributed by atoms with Gasteiger partial charge in [0.2, 0.25) is 11.8 Å². The highest BCUT2D eigenvalue weighted by atomic mass is 35.5. The lowest BCUT2D eigenvalue weighted by Gasteiger charge is -2.34. The number of esters is 1. The number of ether oxygens (including phenoxy) is 1. The predicted octanol–water partition coefficient (Wildman–Crippen LogP) is 2.63. The first-order valence-electron chi connectivity index (χ1n) is 8.77. The number of primary amides is 1. The van der Waals surface area contributed by atoms with Crippen LogP contribution in [0.25, 0.3) is 0 Å². The number of anilines is 1. The van der Waals surface area contributed by atoms with Crippen molar-refractivity contribution < 1.29 is 19.1 Å². The highest BCUT2D eigenvalue weighted by molar-refractivity contribution is 6.37. The Bertz CT molecular complexity index is 980. The summed E-state index contributed by atoms with van der Waals surface area (Å²) in [7, 11) is 1.21. The van der Waals surface area contributed by atoms with Crippen molar-refractivity contribution in [2.45, 2.75) is 19.0 Å². The van der Waals surface area contributed by atoms with Crippen LogP contribution in [-0.2, 0) is 27.3 Å². The van der Waals surface area contributed by atoms with Gasteiger partial charge >= 0.3 is 5.97 Å². The van der Waals surface area contributed by atoms with Crippen LogP contribution >= 0.6 is 23.2 Å². The lowest BCUT2D eigenvalue weighted by atomic mass is 9.93. The van der Waals surface area contributed by atoms with Crippen molar-refractivity contribution in [2.24, 2.45) is 5.73 Å². The van der Waals surface area contributed by atoms with Gasteiger partial charge in [0.1, 0.15) is 0 Å². The Labute approximate surface area is 177 Å². The molecule has 0 saturated carbocycles. The number of nitrogens with two attached hydrogens (primary N) is 1. The second-order valence-corrected chi connectivity index (χ2v) is 7.49. The van der Waals surface area contributed by atoms with Gasteiger partial charge in [0, 0.05) is 11.6 Å². The summed E-state index contributed by atoms with van der Waals surface area (Å²) in [6, 6.07) is 9.85.